The molecule has 5 unspecified atom stereocenters. The van der Waals surface area contributed by atoms with Crippen molar-refractivity contribution in [2.75, 3.05) is 6.61 Å². The predicted octanol–water partition coefficient (Wildman–Crippen LogP) is 1.56. The van der Waals surface area contributed by atoms with E-state index in [0.717, 1.165) is 24.0 Å². The monoisotopic (exact) mass is 349 g/mol. The molecule has 0 amide bonds. The minimum Gasteiger partial charge on any atom is -0.392 e. The Kier molecular flexibility index (Phi) is 3.64. The molecule has 1 saturated heterocycles. The summed E-state index contributed by atoms with van der Waals surface area (Å²) < 4.78 is 5.66. The molecule has 7 atom stereocenters. The van der Waals surface area contributed by atoms with E-state index in [1.54, 1.807) is 0 Å². The summed E-state index contributed by atoms with van der Waals surface area (Å²) in [5, 5.41) is 22.0. The van der Waals surface area contributed by atoms with Gasteiger partial charge in [0, 0.05) is 23.3 Å². The number of ketones is 1. The Labute approximate surface area is 149 Å². The number of carbonyl (C=O) groups is 1. The summed E-state index contributed by atoms with van der Waals surface area (Å²) in [6.45, 7) is 8.60. The zero-order valence-corrected chi connectivity index (χ0v) is 15.7. The van der Waals surface area contributed by atoms with Crippen LogP contribution in [0.3, 0.4) is 0 Å². The molecular formula is C20H31NO4. The predicted molar refractivity (Wildman–Crippen MR) is 93.7 cm³/mol. The van der Waals surface area contributed by atoms with Gasteiger partial charge in [0.15, 0.2) is 5.78 Å². The van der Waals surface area contributed by atoms with E-state index in [1.165, 1.54) is 0 Å². The summed E-state index contributed by atoms with van der Waals surface area (Å²) in [5.74, 6) is -0.0440. The highest BCUT2D eigenvalue weighted by atomic mass is 16.5. The van der Waals surface area contributed by atoms with Crippen LogP contribution in [0.5, 0.6) is 0 Å². The van der Waals surface area contributed by atoms with E-state index in [-0.39, 0.29) is 23.7 Å². The summed E-state index contributed by atoms with van der Waals surface area (Å²) in [6.07, 6.45) is 0.853. The second-order valence-electron chi connectivity index (χ2n) is 9.62. The molecular weight excluding hydrogens is 318 g/mol. The van der Waals surface area contributed by atoms with Gasteiger partial charge in [0.05, 0.1) is 24.2 Å². The van der Waals surface area contributed by atoms with Crippen LogP contribution in [0.4, 0.5) is 0 Å². The smallest absolute Gasteiger partial charge is 0.174 e. The largest absolute Gasteiger partial charge is 0.392 e. The van der Waals surface area contributed by atoms with Crippen LogP contribution < -0.4 is 5.73 Å². The Bertz CT molecular complexity index is 656. The van der Waals surface area contributed by atoms with Crippen molar-refractivity contribution in [1.82, 2.24) is 0 Å². The van der Waals surface area contributed by atoms with Crippen LogP contribution in [-0.4, -0.2) is 46.5 Å². The summed E-state index contributed by atoms with van der Waals surface area (Å²) in [5.41, 5.74) is 6.93. The SMILES string of the molecule is CC1=C2C(O)C(=O)[C@]3(C)C(O)CC4OC[C@H]4C3CC(N)(CC1)C2(C)C. The first-order valence-electron chi connectivity index (χ1n) is 9.55. The third kappa shape index (κ3) is 2.01. The lowest BCUT2D eigenvalue weighted by Gasteiger charge is -2.62. The molecule has 3 aliphatic carbocycles. The molecule has 5 nitrogen and oxygen atoms in total. The number of hydrogen-bond acceptors (Lipinski definition) is 5. The molecule has 140 valence electrons. The summed E-state index contributed by atoms with van der Waals surface area (Å²) >= 11 is 0. The average Bonchev–Trinajstić information content (AvgIpc) is 2.51. The third-order valence-electron chi connectivity index (χ3n) is 8.38. The fraction of sp³-hybridized carbons (Fsp3) is 0.850. The van der Waals surface area contributed by atoms with E-state index in [9.17, 15) is 15.0 Å². The fourth-order valence-corrected chi connectivity index (χ4v) is 6.24. The van der Waals surface area contributed by atoms with Crippen molar-refractivity contribution < 1.29 is 19.7 Å². The van der Waals surface area contributed by atoms with E-state index in [0.29, 0.717) is 19.4 Å². The Morgan fingerprint density at radius 1 is 1.24 bits per heavy atom. The van der Waals surface area contributed by atoms with Crippen LogP contribution in [0.25, 0.3) is 0 Å². The third-order valence-corrected chi connectivity index (χ3v) is 8.38. The van der Waals surface area contributed by atoms with Crippen LogP contribution >= 0.6 is 0 Å². The molecule has 2 bridgehead atoms. The molecule has 5 heteroatoms. The van der Waals surface area contributed by atoms with Crippen LogP contribution in [0.1, 0.15) is 53.4 Å². The Morgan fingerprint density at radius 3 is 2.52 bits per heavy atom. The molecule has 0 aromatic rings. The Balaban J connectivity index is 1.90. The van der Waals surface area contributed by atoms with Gasteiger partial charge in [-0.3, -0.25) is 4.79 Å². The average molecular weight is 349 g/mol. The van der Waals surface area contributed by atoms with Gasteiger partial charge in [0.1, 0.15) is 6.10 Å². The van der Waals surface area contributed by atoms with Gasteiger partial charge in [0.25, 0.3) is 0 Å². The van der Waals surface area contributed by atoms with Crippen molar-refractivity contribution in [2.45, 2.75) is 77.2 Å². The highest BCUT2D eigenvalue weighted by molar-refractivity contribution is 5.92. The minimum absolute atomic E-state index is 0.0181. The Morgan fingerprint density at radius 2 is 1.92 bits per heavy atom. The van der Waals surface area contributed by atoms with Gasteiger partial charge in [-0.25, -0.2) is 0 Å². The van der Waals surface area contributed by atoms with Crippen molar-refractivity contribution in [3.63, 3.8) is 0 Å². The molecule has 3 fully saturated rings. The quantitative estimate of drug-likeness (QED) is 0.577. The van der Waals surface area contributed by atoms with E-state index in [4.69, 9.17) is 10.5 Å². The first-order valence-corrected chi connectivity index (χ1v) is 9.55. The first kappa shape index (κ1) is 17.7. The molecule has 0 aromatic carbocycles. The zero-order chi connectivity index (χ0) is 18.4. The zero-order valence-electron chi connectivity index (χ0n) is 15.7. The number of nitrogens with two attached hydrogens (primary N) is 1. The number of aliphatic hydroxyl groups is 2. The summed E-state index contributed by atoms with van der Waals surface area (Å²) in [6, 6.07) is 0. The molecule has 25 heavy (non-hydrogen) atoms. The van der Waals surface area contributed by atoms with Crippen LogP contribution in [0.2, 0.25) is 0 Å². The van der Waals surface area contributed by atoms with Crippen molar-refractivity contribution in [3.8, 4) is 0 Å². The number of hydrogen-bond donors (Lipinski definition) is 3. The second-order valence-corrected chi connectivity index (χ2v) is 9.62. The van der Waals surface area contributed by atoms with E-state index in [2.05, 4.69) is 13.8 Å². The first-order chi connectivity index (χ1) is 11.5. The number of fused-ring (bicyclic) bond motifs is 5. The van der Waals surface area contributed by atoms with Gasteiger partial charge in [-0.05, 0) is 44.6 Å². The normalized spacial score (nSPS) is 51.8. The maximum atomic E-state index is 13.5. The summed E-state index contributed by atoms with van der Waals surface area (Å²) in [4.78, 5) is 13.5. The molecule has 0 radical (unpaired) electrons. The second kappa shape index (κ2) is 5.16. The number of allylic oxidation sites excluding steroid dienone is 1. The maximum absolute atomic E-state index is 13.5. The van der Waals surface area contributed by atoms with Crippen LogP contribution in [-0.2, 0) is 9.53 Å². The van der Waals surface area contributed by atoms with E-state index < -0.39 is 28.6 Å². The molecule has 4 rings (SSSR count). The summed E-state index contributed by atoms with van der Waals surface area (Å²) in [7, 11) is 0. The van der Waals surface area contributed by atoms with Gasteiger partial charge in [-0.15, -0.1) is 0 Å². The lowest BCUT2D eigenvalue weighted by Crippen LogP contribution is -2.70. The molecule has 4 aliphatic rings. The molecule has 0 spiro atoms. The fourth-order valence-electron chi connectivity index (χ4n) is 6.24. The van der Waals surface area contributed by atoms with E-state index in [1.807, 2.05) is 13.8 Å². The molecule has 1 heterocycles. The maximum Gasteiger partial charge on any atom is 0.174 e. The van der Waals surface area contributed by atoms with Crippen molar-refractivity contribution in [1.29, 1.82) is 0 Å². The van der Waals surface area contributed by atoms with Crippen molar-refractivity contribution in [2.24, 2.45) is 28.4 Å². The Hall–Kier alpha value is -0.750. The standard InChI is InChI=1S/C20H31NO4/c1-10-5-6-20(21)8-12-11-9-25-13(11)7-14(22)19(12,4)17(24)16(23)15(10)18(20,2)3/h11-14,16,22-23H,5-9,21H2,1-4H3/t11-,12?,13?,14?,16?,19-,20?/m0/s1. The topological polar surface area (TPSA) is 92.8 Å². The number of carbonyl (C=O) groups excluding carboxylic acids is 1. The number of rotatable bonds is 0. The number of ether oxygens (including phenoxy) is 1. The van der Waals surface area contributed by atoms with Crippen LogP contribution in [0, 0.1) is 22.7 Å². The van der Waals surface area contributed by atoms with Crippen molar-refractivity contribution in [3.05, 3.63) is 11.1 Å². The number of aliphatic hydroxyl groups excluding tert-OH is 2. The highest BCUT2D eigenvalue weighted by Gasteiger charge is 2.65. The molecule has 1 aliphatic heterocycles. The van der Waals surface area contributed by atoms with Gasteiger partial charge < -0.3 is 20.7 Å². The van der Waals surface area contributed by atoms with E-state index >= 15 is 0 Å². The highest BCUT2D eigenvalue weighted by Crippen LogP contribution is 2.60. The molecule has 4 N–H and O–H groups in total. The van der Waals surface area contributed by atoms with Gasteiger partial charge in [0.2, 0.25) is 0 Å². The number of Topliss-reactive ketones (excluding diaryl/α,β-unsaturated/α-hetero) is 1. The lowest BCUT2D eigenvalue weighted by atomic mass is 9.46. The van der Waals surface area contributed by atoms with Gasteiger partial charge >= 0.3 is 0 Å². The van der Waals surface area contributed by atoms with Gasteiger partial charge in [-0.1, -0.05) is 19.4 Å². The van der Waals surface area contributed by atoms with Gasteiger partial charge in [-0.2, -0.15) is 0 Å². The van der Waals surface area contributed by atoms with Crippen LogP contribution in [0.15, 0.2) is 11.1 Å². The molecule has 0 aromatic heterocycles. The molecule has 2 saturated carbocycles. The minimum atomic E-state index is -1.18. The van der Waals surface area contributed by atoms with Crippen molar-refractivity contribution >= 4 is 5.78 Å². The lowest BCUT2D eigenvalue weighted by molar-refractivity contribution is -0.231.